The quantitative estimate of drug-likeness (QED) is 0.732. The van der Waals surface area contributed by atoms with Crippen LogP contribution in [0.3, 0.4) is 0 Å². The minimum absolute atomic E-state index is 0.329. The van der Waals surface area contributed by atoms with E-state index in [1.165, 1.54) is 12.8 Å². The van der Waals surface area contributed by atoms with Gasteiger partial charge in [-0.25, -0.2) is 0 Å². The van der Waals surface area contributed by atoms with Crippen LogP contribution in [0.15, 0.2) is 51.8 Å². The summed E-state index contributed by atoms with van der Waals surface area (Å²) in [6, 6.07) is 9.77. The van der Waals surface area contributed by atoms with Gasteiger partial charge in [0.05, 0.1) is 18.4 Å². The summed E-state index contributed by atoms with van der Waals surface area (Å²) >= 11 is 0. The van der Waals surface area contributed by atoms with Crippen molar-refractivity contribution in [1.29, 1.82) is 0 Å². The zero-order valence-corrected chi connectivity index (χ0v) is 14.0. The zero-order valence-electron chi connectivity index (χ0n) is 14.0. The van der Waals surface area contributed by atoms with Gasteiger partial charge in [0.25, 0.3) is 0 Å². The van der Waals surface area contributed by atoms with Gasteiger partial charge in [0, 0.05) is 18.2 Å². The van der Waals surface area contributed by atoms with Crippen molar-refractivity contribution in [3.8, 4) is 17.1 Å². The fraction of sp³-hybridized carbons (Fsp3) is 0.368. The standard InChI is InChI=1S/C19H21N3O3/c23-17-8-4-1-5-14(17)11-22(16-6-2-3-7-16)12-18-20-19(21-25-18)15-9-10-24-13-15/h1,4-5,8-10,13,16,23H,2-3,6-7,11-12H2. The summed E-state index contributed by atoms with van der Waals surface area (Å²) in [6.07, 6.45) is 8.00. The van der Waals surface area contributed by atoms with E-state index in [1.807, 2.05) is 24.3 Å². The lowest BCUT2D eigenvalue weighted by Crippen LogP contribution is -2.32. The maximum absolute atomic E-state index is 10.1. The summed E-state index contributed by atoms with van der Waals surface area (Å²) in [5, 5.41) is 14.1. The van der Waals surface area contributed by atoms with E-state index in [2.05, 4.69) is 15.0 Å². The van der Waals surface area contributed by atoms with Crippen molar-refractivity contribution < 1.29 is 14.0 Å². The highest BCUT2D eigenvalue weighted by molar-refractivity contribution is 5.51. The van der Waals surface area contributed by atoms with Crippen LogP contribution in [0.1, 0.15) is 37.1 Å². The van der Waals surface area contributed by atoms with Crippen LogP contribution in [0.4, 0.5) is 0 Å². The number of aromatic hydroxyl groups is 1. The van der Waals surface area contributed by atoms with Crippen molar-refractivity contribution in [1.82, 2.24) is 15.0 Å². The van der Waals surface area contributed by atoms with Crippen LogP contribution >= 0.6 is 0 Å². The molecule has 1 aliphatic carbocycles. The number of hydrogen-bond acceptors (Lipinski definition) is 6. The van der Waals surface area contributed by atoms with Gasteiger partial charge in [-0.2, -0.15) is 4.98 Å². The highest BCUT2D eigenvalue weighted by Crippen LogP contribution is 2.28. The fourth-order valence-electron chi connectivity index (χ4n) is 3.45. The molecule has 0 unspecified atom stereocenters. The Labute approximate surface area is 146 Å². The molecule has 1 N–H and O–H groups in total. The SMILES string of the molecule is Oc1ccccc1CN(Cc1nc(-c2ccoc2)no1)C1CCCC1. The number of rotatable bonds is 6. The predicted molar refractivity (Wildman–Crippen MR) is 91.6 cm³/mol. The number of hydrogen-bond donors (Lipinski definition) is 1. The van der Waals surface area contributed by atoms with Gasteiger partial charge >= 0.3 is 0 Å². The van der Waals surface area contributed by atoms with Gasteiger partial charge in [0.2, 0.25) is 11.7 Å². The number of furan rings is 1. The van der Waals surface area contributed by atoms with Gasteiger partial charge in [0.15, 0.2) is 0 Å². The molecule has 1 fully saturated rings. The maximum atomic E-state index is 10.1. The lowest BCUT2D eigenvalue weighted by Gasteiger charge is -2.27. The Kier molecular flexibility index (Phi) is 4.52. The van der Waals surface area contributed by atoms with Gasteiger partial charge in [-0.05, 0) is 25.0 Å². The van der Waals surface area contributed by atoms with E-state index < -0.39 is 0 Å². The van der Waals surface area contributed by atoms with Gasteiger partial charge < -0.3 is 14.0 Å². The van der Waals surface area contributed by atoms with Crippen LogP contribution in [0, 0.1) is 0 Å². The average molecular weight is 339 g/mol. The predicted octanol–water partition coefficient (Wildman–Crippen LogP) is 3.98. The third-order valence-electron chi connectivity index (χ3n) is 4.79. The summed E-state index contributed by atoms with van der Waals surface area (Å²) < 4.78 is 10.5. The average Bonchev–Trinajstić information content (AvgIpc) is 3.38. The Morgan fingerprint density at radius 2 is 1.96 bits per heavy atom. The van der Waals surface area contributed by atoms with E-state index in [9.17, 15) is 5.11 Å². The monoisotopic (exact) mass is 339 g/mol. The number of phenols is 1. The Bertz CT molecular complexity index is 807. The third kappa shape index (κ3) is 3.58. The molecule has 2 aromatic heterocycles. The molecular weight excluding hydrogens is 318 g/mol. The van der Waals surface area contributed by atoms with Gasteiger partial charge in [0.1, 0.15) is 12.0 Å². The normalized spacial score (nSPS) is 15.2. The molecule has 130 valence electrons. The highest BCUT2D eigenvalue weighted by atomic mass is 16.5. The molecule has 1 aromatic carbocycles. The van der Waals surface area contributed by atoms with Crippen LogP contribution in [0.2, 0.25) is 0 Å². The van der Waals surface area contributed by atoms with E-state index >= 15 is 0 Å². The summed E-state index contributed by atoms with van der Waals surface area (Å²) in [7, 11) is 0. The summed E-state index contributed by atoms with van der Waals surface area (Å²) in [5.41, 5.74) is 1.73. The molecule has 1 aliphatic rings. The van der Waals surface area contributed by atoms with Crippen molar-refractivity contribution in [2.45, 2.75) is 44.8 Å². The Morgan fingerprint density at radius 1 is 1.12 bits per heavy atom. The topological polar surface area (TPSA) is 75.5 Å². The first kappa shape index (κ1) is 15.9. The largest absolute Gasteiger partial charge is 0.508 e. The maximum Gasteiger partial charge on any atom is 0.241 e. The van der Waals surface area contributed by atoms with E-state index in [4.69, 9.17) is 8.94 Å². The first-order valence-corrected chi connectivity index (χ1v) is 8.65. The molecule has 0 saturated heterocycles. The Morgan fingerprint density at radius 3 is 2.72 bits per heavy atom. The first-order valence-electron chi connectivity index (χ1n) is 8.65. The van der Waals surface area contributed by atoms with E-state index in [0.29, 0.717) is 36.6 Å². The van der Waals surface area contributed by atoms with Crippen molar-refractivity contribution in [2.24, 2.45) is 0 Å². The van der Waals surface area contributed by atoms with Gasteiger partial charge in [-0.3, -0.25) is 4.90 Å². The number of phenolic OH excluding ortho intramolecular Hbond substituents is 1. The molecule has 3 aromatic rings. The minimum Gasteiger partial charge on any atom is -0.508 e. The number of benzene rings is 1. The van der Waals surface area contributed by atoms with Crippen molar-refractivity contribution in [2.75, 3.05) is 0 Å². The van der Waals surface area contributed by atoms with E-state index in [0.717, 1.165) is 24.0 Å². The highest BCUT2D eigenvalue weighted by Gasteiger charge is 2.25. The Hall–Kier alpha value is -2.60. The summed E-state index contributed by atoms with van der Waals surface area (Å²) in [6.45, 7) is 1.24. The number of nitrogens with zero attached hydrogens (tertiary/aromatic N) is 3. The first-order chi connectivity index (χ1) is 12.3. The number of para-hydroxylation sites is 1. The van der Waals surface area contributed by atoms with Gasteiger partial charge in [-0.1, -0.05) is 36.2 Å². The van der Waals surface area contributed by atoms with Crippen molar-refractivity contribution >= 4 is 0 Å². The second-order valence-corrected chi connectivity index (χ2v) is 6.50. The van der Waals surface area contributed by atoms with Crippen LogP contribution in [-0.4, -0.2) is 26.2 Å². The molecule has 0 atom stereocenters. The zero-order chi connectivity index (χ0) is 17.1. The molecule has 0 aliphatic heterocycles. The molecule has 0 amide bonds. The summed E-state index contributed by atoms with van der Waals surface area (Å²) in [5.74, 6) is 1.45. The molecular formula is C19H21N3O3. The van der Waals surface area contributed by atoms with Crippen LogP contribution < -0.4 is 0 Å². The molecule has 2 heterocycles. The van der Waals surface area contributed by atoms with Crippen LogP contribution in [0.5, 0.6) is 5.75 Å². The molecule has 0 radical (unpaired) electrons. The molecule has 25 heavy (non-hydrogen) atoms. The lowest BCUT2D eigenvalue weighted by atomic mass is 10.1. The van der Waals surface area contributed by atoms with Crippen molar-refractivity contribution in [3.63, 3.8) is 0 Å². The van der Waals surface area contributed by atoms with E-state index in [1.54, 1.807) is 18.6 Å². The fourth-order valence-corrected chi connectivity index (χ4v) is 3.45. The summed E-state index contributed by atoms with van der Waals surface area (Å²) in [4.78, 5) is 6.81. The molecule has 1 saturated carbocycles. The van der Waals surface area contributed by atoms with E-state index in [-0.39, 0.29) is 0 Å². The second-order valence-electron chi connectivity index (χ2n) is 6.50. The Balaban J connectivity index is 1.53. The van der Waals surface area contributed by atoms with Crippen LogP contribution in [-0.2, 0) is 13.1 Å². The second kappa shape index (κ2) is 7.11. The van der Waals surface area contributed by atoms with Gasteiger partial charge in [-0.15, -0.1) is 0 Å². The smallest absolute Gasteiger partial charge is 0.241 e. The minimum atomic E-state index is 0.329. The molecule has 0 bridgehead atoms. The molecule has 6 nitrogen and oxygen atoms in total. The third-order valence-corrected chi connectivity index (χ3v) is 4.79. The van der Waals surface area contributed by atoms with Crippen molar-refractivity contribution in [3.05, 3.63) is 54.3 Å². The molecule has 4 rings (SSSR count). The number of aromatic nitrogens is 2. The molecule has 0 spiro atoms. The molecule has 6 heteroatoms. The van der Waals surface area contributed by atoms with Crippen LogP contribution in [0.25, 0.3) is 11.4 Å². The lowest BCUT2D eigenvalue weighted by molar-refractivity contribution is 0.156.